The van der Waals surface area contributed by atoms with Crippen LogP contribution >= 0.6 is 6.93 Å². The summed E-state index contributed by atoms with van der Waals surface area (Å²) >= 11 is 1.87. The molecule has 0 saturated heterocycles. The Hall–Kier alpha value is 2.54. The van der Waals surface area contributed by atoms with Gasteiger partial charge in [-0.1, -0.05) is 0 Å². The molecule has 0 nitrogen and oxygen atoms in total. The third-order valence-corrected chi connectivity index (χ3v) is 0. The van der Waals surface area contributed by atoms with E-state index in [0.29, 0.717) is 0 Å². The van der Waals surface area contributed by atoms with Crippen LogP contribution in [0.2, 0.25) is 0 Å². The molecule has 0 rings (SSSR count). The van der Waals surface area contributed by atoms with Gasteiger partial charge in [0.1, 0.15) is 0 Å². The molecule has 0 N–H and O–H groups in total. The molecule has 4 heteroatoms. The summed E-state index contributed by atoms with van der Waals surface area (Å²) in [6, 6.07) is 0. The second-order valence-corrected chi connectivity index (χ2v) is 0. The molecule has 0 heterocycles. The van der Waals surface area contributed by atoms with Gasteiger partial charge in [-0.25, -0.2) is 0 Å². The first kappa shape index (κ1) is 16.0. The fraction of sp³-hybridized carbons (Fsp3) is 0. The van der Waals surface area contributed by atoms with Crippen LogP contribution in [0.1, 0.15) is 0 Å². The topological polar surface area (TPSA) is 0 Å². The quantitative estimate of drug-likeness (QED) is 0.370. The fourth-order valence-corrected chi connectivity index (χ4v) is 0. The molecule has 2 radical (unpaired) electrons. The maximum atomic E-state index is 2.43. The van der Waals surface area contributed by atoms with Crippen molar-refractivity contribution in [3.8, 4) is 0 Å². The van der Waals surface area contributed by atoms with E-state index in [2.05, 4.69) is 6.93 Å². The summed E-state index contributed by atoms with van der Waals surface area (Å²) in [4.78, 5) is 0. The SMILES string of the molecule is P[Te].[Cu].[SnH4]. The van der Waals surface area contributed by atoms with E-state index in [0.717, 1.165) is 0 Å². The Balaban J connectivity index is -0.00000000500. The van der Waals surface area contributed by atoms with Gasteiger partial charge in [0.2, 0.25) is 0 Å². The van der Waals surface area contributed by atoms with Crippen molar-refractivity contribution in [1.82, 2.24) is 0 Å². The first-order valence-corrected chi connectivity index (χ1v) is 4.74. The van der Waals surface area contributed by atoms with Crippen molar-refractivity contribution in [2.24, 2.45) is 0 Å². The van der Waals surface area contributed by atoms with Crippen molar-refractivity contribution in [3.05, 3.63) is 0 Å². The Labute approximate surface area is 68.8 Å². The fourth-order valence-electron chi connectivity index (χ4n) is 0. The van der Waals surface area contributed by atoms with Crippen LogP contribution in [0.4, 0.5) is 0 Å². The van der Waals surface area contributed by atoms with Gasteiger partial charge in [0.05, 0.1) is 0 Å². The standard InChI is InChI=1S/Cu.H2PTe.Sn.4H/c;1-2;;;;;/h;1H2;;;;;. The predicted molar refractivity (Wildman–Crippen MR) is 26.8 cm³/mol. The molecule has 0 spiro atoms. The first-order chi connectivity index (χ1) is 1.00. The molecule has 0 aliphatic rings. The van der Waals surface area contributed by atoms with E-state index < -0.39 is 0 Å². The maximum absolute atomic E-state index is 2.43. The first-order valence-electron chi connectivity index (χ1n) is 0.236. The molecule has 0 aliphatic heterocycles. The van der Waals surface area contributed by atoms with E-state index in [4.69, 9.17) is 0 Å². The van der Waals surface area contributed by atoms with Crippen LogP contribution in [-0.2, 0) is 17.1 Å². The molecule has 0 aromatic carbocycles. The molecule has 4 heavy (non-hydrogen) atoms. The van der Waals surface area contributed by atoms with Gasteiger partial charge in [-0.05, 0) is 0 Å². The van der Waals surface area contributed by atoms with E-state index in [9.17, 15) is 0 Å². The van der Waals surface area contributed by atoms with Crippen molar-refractivity contribution in [2.75, 3.05) is 0 Å². The summed E-state index contributed by atoms with van der Waals surface area (Å²) in [5.74, 6) is 0. The Morgan fingerprint density at radius 2 is 1.25 bits per heavy atom. The third-order valence-electron chi connectivity index (χ3n) is 0. The molecule has 0 aliphatic carbocycles. The molecular weight excluding hydrogens is 341 g/mol. The van der Waals surface area contributed by atoms with Crippen LogP contribution in [0, 0.1) is 0 Å². The number of hydrogen-bond donors (Lipinski definition) is 0. The van der Waals surface area contributed by atoms with Gasteiger partial charge in [-0.3, -0.25) is 0 Å². The number of rotatable bonds is 0. The average Bonchev–Trinajstić information content (AvgIpc) is 1.00. The predicted octanol–water partition coefficient (Wildman–Crippen LogP) is -1.51. The Bertz CT molecular complexity index is 8.00. The Morgan fingerprint density at radius 1 is 1.25 bits per heavy atom. The molecule has 32 valence electrons. The van der Waals surface area contributed by atoms with Crippen molar-refractivity contribution < 1.29 is 17.1 Å². The molecular formula is H6CuPSnTe. The summed E-state index contributed by atoms with van der Waals surface area (Å²) in [5.41, 5.74) is 0. The molecule has 0 aromatic rings. The molecule has 0 fully saturated rings. The van der Waals surface area contributed by atoms with Gasteiger partial charge >= 0.3 is 52.6 Å². The van der Waals surface area contributed by atoms with E-state index in [1.807, 2.05) is 21.7 Å². The number of hydrogen-bond acceptors (Lipinski definition) is 0. The zero-order chi connectivity index (χ0) is 2.00. The van der Waals surface area contributed by atoms with Crippen molar-refractivity contribution in [3.63, 3.8) is 0 Å². The summed E-state index contributed by atoms with van der Waals surface area (Å²) in [7, 11) is 0. The minimum absolute atomic E-state index is 0. The van der Waals surface area contributed by atoms with Crippen LogP contribution < -0.4 is 0 Å². The van der Waals surface area contributed by atoms with E-state index in [1.165, 1.54) is 0 Å². The van der Waals surface area contributed by atoms with Crippen molar-refractivity contribution >= 4 is 52.6 Å². The van der Waals surface area contributed by atoms with Crippen LogP contribution in [0.3, 0.4) is 0 Å². The van der Waals surface area contributed by atoms with Gasteiger partial charge in [-0.2, -0.15) is 0 Å². The zero-order valence-electron chi connectivity index (χ0n) is 1.29. The third kappa shape index (κ3) is 8.82. The minimum atomic E-state index is 0. The van der Waals surface area contributed by atoms with Crippen molar-refractivity contribution in [1.29, 1.82) is 0 Å². The normalized spacial score (nSPS) is 1.50. The van der Waals surface area contributed by atoms with E-state index in [1.54, 1.807) is 0 Å². The molecule has 1 atom stereocenters. The molecule has 0 amide bonds. The van der Waals surface area contributed by atoms with Gasteiger partial charge in [0, 0.05) is 17.1 Å². The van der Waals surface area contributed by atoms with Crippen molar-refractivity contribution in [2.45, 2.75) is 0 Å². The van der Waals surface area contributed by atoms with Crippen LogP contribution in [0.25, 0.3) is 0 Å². The van der Waals surface area contributed by atoms with Gasteiger partial charge in [0.15, 0.2) is 0 Å². The zero-order valence-corrected chi connectivity index (χ0v) is 5.71. The molecule has 0 saturated carbocycles. The van der Waals surface area contributed by atoms with Crippen LogP contribution in [0.15, 0.2) is 0 Å². The molecule has 0 aromatic heterocycles. The summed E-state index contributed by atoms with van der Waals surface area (Å²) in [6.45, 7) is 2.43. The van der Waals surface area contributed by atoms with Crippen LogP contribution in [-0.4, -0.2) is 45.7 Å². The van der Waals surface area contributed by atoms with E-state index in [-0.39, 0.29) is 41.0 Å². The second-order valence-electron chi connectivity index (χ2n) is 0. The molecule has 1 unspecified atom stereocenters. The molecule has 0 bridgehead atoms. The summed E-state index contributed by atoms with van der Waals surface area (Å²) in [6.07, 6.45) is 0. The summed E-state index contributed by atoms with van der Waals surface area (Å²) in [5, 5.41) is 0. The van der Waals surface area contributed by atoms with Gasteiger partial charge < -0.3 is 0 Å². The van der Waals surface area contributed by atoms with E-state index >= 15 is 0 Å². The van der Waals surface area contributed by atoms with Gasteiger partial charge in [-0.15, -0.1) is 0 Å². The Morgan fingerprint density at radius 3 is 1.25 bits per heavy atom. The summed E-state index contributed by atoms with van der Waals surface area (Å²) < 4.78 is 0. The average molecular weight is 347 g/mol. The second kappa shape index (κ2) is 17.7. The Kier molecular flexibility index (Phi) is 70.9. The van der Waals surface area contributed by atoms with Gasteiger partial charge in [0.25, 0.3) is 0 Å². The monoisotopic (exact) mass is 350 g/mol. The van der Waals surface area contributed by atoms with Crippen LogP contribution in [0.5, 0.6) is 0 Å².